The lowest BCUT2D eigenvalue weighted by atomic mass is 10.2. The molecule has 1 nitrogen and oxygen atoms in total. The van der Waals surface area contributed by atoms with Crippen LogP contribution in [0.15, 0.2) is 12.2 Å². The SMILES string of the molecule is C=C(C#CCCCC)CO. The topological polar surface area (TPSA) is 20.2 Å². The fourth-order valence-electron chi connectivity index (χ4n) is 0.492. The van der Waals surface area contributed by atoms with Gasteiger partial charge in [0, 0.05) is 12.0 Å². The first-order valence-electron chi connectivity index (χ1n) is 3.58. The summed E-state index contributed by atoms with van der Waals surface area (Å²) in [6, 6.07) is 0. The highest BCUT2D eigenvalue weighted by atomic mass is 16.3. The minimum absolute atomic E-state index is 0.0148. The lowest BCUT2D eigenvalue weighted by Gasteiger charge is -1.86. The van der Waals surface area contributed by atoms with Crippen molar-refractivity contribution in [1.82, 2.24) is 0 Å². The van der Waals surface area contributed by atoms with Gasteiger partial charge < -0.3 is 5.11 Å². The number of aliphatic hydroxyl groups excluding tert-OH is 1. The van der Waals surface area contributed by atoms with Crippen LogP contribution in [-0.2, 0) is 0 Å². The highest BCUT2D eigenvalue weighted by molar-refractivity contribution is 5.25. The van der Waals surface area contributed by atoms with E-state index in [-0.39, 0.29) is 6.61 Å². The van der Waals surface area contributed by atoms with Gasteiger partial charge in [-0.3, -0.25) is 0 Å². The smallest absolute Gasteiger partial charge is 0.0754 e. The van der Waals surface area contributed by atoms with Crippen LogP contribution in [0.25, 0.3) is 0 Å². The molecule has 1 N–H and O–H groups in total. The van der Waals surface area contributed by atoms with Crippen molar-refractivity contribution in [3.05, 3.63) is 12.2 Å². The number of rotatable bonds is 3. The van der Waals surface area contributed by atoms with Gasteiger partial charge >= 0.3 is 0 Å². The van der Waals surface area contributed by atoms with Crippen molar-refractivity contribution in [2.75, 3.05) is 6.61 Å². The van der Waals surface area contributed by atoms with Crippen molar-refractivity contribution in [3.63, 3.8) is 0 Å². The molecule has 0 atom stereocenters. The standard InChI is InChI=1S/C9H14O/c1-3-4-5-6-7-9(2)8-10/h10H,2-5,8H2,1H3. The van der Waals surface area contributed by atoms with Gasteiger partial charge in [0.25, 0.3) is 0 Å². The van der Waals surface area contributed by atoms with E-state index in [1.807, 2.05) is 0 Å². The average Bonchev–Trinajstić information content (AvgIpc) is 1.98. The van der Waals surface area contributed by atoms with E-state index in [2.05, 4.69) is 25.3 Å². The van der Waals surface area contributed by atoms with Gasteiger partial charge in [-0.15, -0.1) is 0 Å². The van der Waals surface area contributed by atoms with Gasteiger partial charge in [-0.05, 0) is 6.42 Å². The lowest BCUT2D eigenvalue weighted by Crippen LogP contribution is -1.82. The average molecular weight is 138 g/mol. The molecule has 0 bridgehead atoms. The van der Waals surface area contributed by atoms with Gasteiger partial charge in [0.15, 0.2) is 0 Å². The number of hydrogen-bond acceptors (Lipinski definition) is 1. The van der Waals surface area contributed by atoms with Crippen molar-refractivity contribution in [3.8, 4) is 11.8 Å². The molecular weight excluding hydrogens is 124 g/mol. The van der Waals surface area contributed by atoms with Crippen molar-refractivity contribution >= 4 is 0 Å². The highest BCUT2D eigenvalue weighted by Gasteiger charge is 1.80. The van der Waals surface area contributed by atoms with Crippen LogP contribution >= 0.6 is 0 Å². The van der Waals surface area contributed by atoms with E-state index >= 15 is 0 Å². The largest absolute Gasteiger partial charge is 0.391 e. The summed E-state index contributed by atoms with van der Waals surface area (Å²) in [6.45, 7) is 5.66. The Kier molecular flexibility index (Phi) is 5.91. The third-order valence-electron chi connectivity index (χ3n) is 1.11. The van der Waals surface area contributed by atoms with Gasteiger partial charge in [0.2, 0.25) is 0 Å². The van der Waals surface area contributed by atoms with Crippen molar-refractivity contribution in [2.45, 2.75) is 26.2 Å². The van der Waals surface area contributed by atoms with Crippen molar-refractivity contribution in [1.29, 1.82) is 0 Å². The van der Waals surface area contributed by atoms with Crippen LogP contribution in [0.5, 0.6) is 0 Å². The number of hydrogen-bond donors (Lipinski definition) is 1. The Morgan fingerprint density at radius 3 is 2.80 bits per heavy atom. The minimum Gasteiger partial charge on any atom is -0.391 e. The molecule has 0 spiro atoms. The van der Waals surface area contributed by atoms with E-state index < -0.39 is 0 Å². The molecule has 1 heteroatoms. The Hall–Kier alpha value is -0.740. The van der Waals surface area contributed by atoms with E-state index in [0.29, 0.717) is 5.57 Å². The van der Waals surface area contributed by atoms with Crippen LogP contribution in [0.2, 0.25) is 0 Å². The molecule has 0 saturated heterocycles. The summed E-state index contributed by atoms with van der Waals surface area (Å²) in [4.78, 5) is 0. The molecule has 0 saturated carbocycles. The minimum atomic E-state index is -0.0148. The van der Waals surface area contributed by atoms with Crippen LogP contribution in [-0.4, -0.2) is 11.7 Å². The predicted octanol–water partition coefficient (Wildman–Crippen LogP) is 1.73. The van der Waals surface area contributed by atoms with Crippen LogP contribution < -0.4 is 0 Å². The van der Waals surface area contributed by atoms with Crippen LogP contribution in [0.1, 0.15) is 26.2 Å². The Morgan fingerprint density at radius 1 is 1.60 bits per heavy atom. The number of aliphatic hydroxyl groups is 1. The Labute approximate surface area is 62.8 Å². The maximum Gasteiger partial charge on any atom is 0.0754 e. The normalized spacial score (nSPS) is 8.20. The Morgan fingerprint density at radius 2 is 2.30 bits per heavy atom. The second kappa shape index (κ2) is 6.38. The lowest BCUT2D eigenvalue weighted by molar-refractivity contribution is 0.336. The van der Waals surface area contributed by atoms with Crippen molar-refractivity contribution in [2.24, 2.45) is 0 Å². The van der Waals surface area contributed by atoms with Crippen molar-refractivity contribution < 1.29 is 5.11 Å². The quantitative estimate of drug-likeness (QED) is 0.465. The van der Waals surface area contributed by atoms with E-state index in [1.54, 1.807) is 0 Å². The summed E-state index contributed by atoms with van der Waals surface area (Å²) in [5.41, 5.74) is 0.608. The third kappa shape index (κ3) is 5.40. The molecule has 0 aromatic rings. The maximum atomic E-state index is 8.49. The van der Waals surface area contributed by atoms with Gasteiger partial charge in [0.05, 0.1) is 6.61 Å². The maximum absolute atomic E-state index is 8.49. The molecular formula is C9H14O. The molecule has 0 heterocycles. The van der Waals surface area contributed by atoms with E-state index in [1.165, 1.54) is 6.42 Å². The van der Waals surface area contributed by atoms with Gasteiger partial charge in [-0.25, -0.2) is 0 Å². The molecule has 0 aliphatic carbocycles. The second-order valence-corrected chi connectivity index (χ2v) is 2.17. The molecule has 0 fully saturated rings. The predicted molar refractivity (Wildman–Crippen MR) is 43.5 cm³/mol. The van der Waals surface area contributed by atoms with E-state index in [9.17, 15) is 0 Å². The summed E-state index contributed by atoms with van der Waals surface area (Å²) >= 11 is 0. The summed E-state index contributed by atoms with van der Waals surface area (Å²) in [5, 5.41) is 8.49. The zero-order chi connectivity index (χ0) is 7.82. The first-order chi connectivity index (χ1) is 4.81. The zero-order valence-electron chi connectivity index (χ0n) is 6.48. The van der Waals surface area contributed by atoms with Gasteiger partial charge in [0.1, 0.15) is 0 Å². The van der Waals surface area contributed by atoms with E-state index in [4.69, 9.17) is 5.11 Å². The fourth-order valence-corrected chi connectivity index (χ4v) is 0.492. The number of unbranched alkanes of at least 4 members (excludes halogenated alkanes) is 2. The molecule has 0 radical (unpaired) electrons. The molecule has 0 unspecified atom stereocenters. The summed E-state index contributed by atoms with van der Waals surface area (Å²) < 4.78 is 0. The fraction of sp³-hybridized carbons (Fsp3) is 0.556. The first kappa shape index (κ1) is 9.26. The van der Waals surface area contributed by atoms with Crippen LogP contribution in [0.4, 0.5) is 0 Å². The molecule has 10 heavy (non-hydrogen) atoms. The third-order valence-corrected chi connectivity index (χ3v) is 1.11. The highest BCUT2D eigenvalue weighted by Crippen LogP contribution is 1.91. The first-order valence-corrected chi connectivity index (χ1v) is 3.58. The summed E-state index contributed by atoms with van der Waals surface area (Å²) in [6.07, 6.45) is 3.21. The molecule has 0 aromatic heterocycles. The zero-order valence-corrected chi connectivity index (χ0v) is 6.48. The van der Waals surface area contributed by atoms with Crippen LogP contribution in [0.3, 0.4) is 0 Å². The Bertz CT molecular complexity index is 148. The second-order valence-electron chi connectivity index (χ2n) is 2.17. The molecule has 0 aromatic carbocycles. The van der Waals surface area contributed by atoms with Gasteiger partial charge in [-0.1, -0.05) is 31.8 Å². The van der Waals surface area contributed by atoms with Crippen LogP contribution in [0, 0.1) is 11.8 Å². The molecule has 0 amide bonds. The monoisotopic (exact) mass is 138 g/mol. The molecule has 0 rings (SSSR count). The Balaban J connectivity index is 3.39. The molecule has 0 aliphatic heterocycles. The van der Waals surface area contributed by atoms with E-state index in [0.717, 1.165) is 12.8 Å². The van der Waals surface area contributed by atoms with Gasteiger partial charge in [-0.2, -0.15) is 0 Å². The molecule has 56 valence electrons. The molecule has 0 aliphatic rings. The summed E-state index contributed by atoms with van der Waals surface area (Å²) in [5.74, 6) is 5.70. The summed E-state index contributed by atoms with van der Waals surface area (Å²) in [7, 11) is 0.